The Morgan fingerprint density at radius 2 is 1.84 bits per heavy atom. The van der Waals surface area contributed by atoms with Crippen LogP contribution in [0.15, 0.2) is 28.8 Å². The zero-order valence-electron chi connectivity index (χ0n) is 22.8. The second kappa shape index (κ2) is 9.64. The number of allylic oxidation sites excluding steroid dienone is 4. The lowest BCUT2D eigenvalue weighted by Gasteiger charge is -2.64. The van der Waals surface area contributed by atoms with Crippen LogP contribution < -0.4 is 0 Å². The number of hydrogen-bond donors (Lipinski definition) is 1. The third kappa shape index (κ3) is 3.78. The lowest BCUT2D eigenvalue weighted by molar-refractivity contribution is -0.203. The molecule has 4 aliphatic rings. The van der Waals surface area contributed by atoms with Crippen molar-refractivity contribution in [2.45, 2.75) is 89.7 Å². The van der Waals surface area contributed by atoms with Gasteiger partial charge in [0.25, 0.3) is 0 Å². The molecule has 7 nitrogen and oxygen atoms in total. The number of fused-ring (bicyclic) bond motifs is 5. The van der Waals surface area contributed by atoms with Crippen molar-refractivity contribution >= 4 is 35.0 Å². The molecule has 4 aliphatic carbocycles. The fraction of sp³-hybridized carbons (Fsp3) is 0.724. The van der Waals surface area contributed by atoms with E-state index in [1.54, 1.807) is 20.9 Å². The molecule has 0 saturated heterocycles. The number of ether oxygens (including phenoxy) is 2. The van der Waals surface area contributed by atoms with Crippen molar-refractivity contribution in [3.8, 4) is 0 Å². The summed E-state index contributed by atoms with van der Waals surface area (Å²) in [6, 6.07) is 0. The number of aliphatic hydroxyl groups excluding tert-OH is 1. The quantitative estimate of drug-likeness (QED) is 0.396. The van der Waals surface area contributed by atoms with Gasteiger partial charge in [-0.25, -0.2) is 0 Å². The van der Waals surface area contributed by atoms with E-state index in [0.717, 1.165) is 24.1 Å². The molecule has 0 bridgehead atoms. The predicted molar refractivity (Wildman–Crippen MR) is 141 cm³/mol. The average molecular weight is 534 g/mol. The maximum atomic E-state index is 13.9. The zero-order chi connectivity index (χ0) is 27.4. The lowest BCUT2D eigenvalue weighted by atomic mass is 9.45. The van der Waals surface area contributed by atoms with Crippen molar-refractivity contribution in [1.82, 2.24) is 0 Å². The van der Waals surface area contributed by atoms with Crippen molar-refractivity contribution in [2.75, 3.05) is 13.7 Å². The highest BCUT2D eigenvalue weighted by Gasteiger charge is 2.76. The van der Waals surface area contributed by atoms with E-state index in [9.17, 15) is 19.5 Å². The topological polar surface area (TPSA) is 102 Å². The Bertz CT molecular complexity index is 1080. The predicted octanol–water partition coefficient (Wildman–Crippen LogP) is 4.59. The first-order valence-electron chi connectivity index (χ1n) is 13.5. The summed E-state index contributed by atoms with van der Waals surface area (Å²) in [6.07, 6.45) is 7.78. The van der Waals surface area contributed by atoms with Gasteiger partial charge in [-0.1, -0.05) is 46.3 Å². The highest BCUT2D eigenvalue weighted by molar-refractivity contribution is 6.26. The van der Waals surface area contributed by atoms with Crippen molar-refractivity contribution in [1.29, 1.82) is 0 Å². The first-order chi connectivity index (χ1) is 17.3. The third-order valence-corrected chi connectivity index (χ3v) is 11.0. The molecule has 0 amide bonds. The van der Waals surface area contributed by atoms with Crippen LogP contribution >= 0.6 is 11.6 Å². The van der Waals surface area contributed by atoms with Crippen molar-refractivity contribution in [3.05, 3.63) is 23.8 Å². The molecular formula is C29H40ClNO6. The van der Waals surface area contributed by atoms with Gasteiger partial charge < -0.3 is 14.6 Å². The number of alkyl halides is 1. The zero-order valence-corrected chi connectivity index (χ0v) is 23.6. The monoisotopic (exact) mass is 533 g/mol. The van der Waals surface area contributed by atoms with E-state index < -0.39 is 51.7 Å². The van der Waals surface area contributed by atoms with Gasteiger partial charge in [-0.2, -0.15) is 0 Å². The van der Waals surface area contributed by atoms with Crippen LogP contribution in [0.2, 0.25) is 0 Å². The Kier molecular flexibility index (Phi) is 7.30. The first kappa shape index (κ1) is 28.0. The molecule has 1 unspecified atom stereocenters. The summed E-state index contributed by atoms with van der Waals surface area (Å²) in [5, 5.41) is 11.9. The van der Waals surface area contributed by atoms with Crippen LogP contribution in [0.25, 0.3) is 0 Å². The summed E-state index contributed by atoms with van der Waals surface area (Å²) < 4.78 is 11.4. The van der Waals surface area contributed by atoms with Gasteiger partial charge in [0.2, 0.25) is 5.78 Å². The second-order valence-corrected chi connectivity index (χ2v) is 12.3. The summed E-state index contributed by atoms with van der Waals surface area (Å²) in [4.78, 5) is 41.9. The van der Waals surface area contributed by atoms with Gasteiger partial charge in [-0.05, 0) is 49.7 Å². The van der Waals surface area contributed by atoms with Crippen molar-refractivity contribution in [3.63, 3.8) is 0 Å². The number of ketones is 1. The average Bonchev–Trinajstić information content (AvgIpc) is 3.09. The van der Waals surface area contributed by atoms with Crippen molar-refractivity contribution in [2.24, 2.45) is 33.6 Å². The summed E-state index contributed by atoms with van der Waals surface area (Å²) in [5.41, 5.74) is -0.932. The molecule has 4 rings (SSSR count). The molecule has 8 atom stereocenters. The number of Topliss-reactive ketones (excluding diaryl/α,β-unsaturated/α-hetero) is 1. The Labute approximate surface area is 224 Å². The fourth-order valence-corrected chi connectivity index (χ4v) is 8.68. The molecule has 0 aromatic rings. The second-order valence-electron chi connectivity index (χ2n) is 11.6. The standard InChI is InChI=1S/C29H40ClNO6/c1-7-24(34)36-16-23(33)29(37-25(35)8-2)17(3)13-21-20-10-9-18-14-19(31-6)11-12-26(18,4)28(20,30)22(32)15-27(21,29)5/h11-12,14,17,20-22,32H,7-10,13,15-16H2,1-6H3/t17-,20-,21-,22-,26-,27-,28-,29?/m0/s1. The number of carbonyl (C=O) groups is 3. The van der Waals surface area contributed by atoms with Gasteiger partial charge in [0.05, 0.1) is 16.7 Å². The van der Waals surface area contributed by atoms with Crippen LogP contribution in [0.3, 0.4) is 0 Å². The minimum atomic E-state index is -1.51. The van der Waals surface area contributed by atoms with Gasteiger partial charge in [0.15, 0.2) is 12.2 Å². The number of halogens is 1. The van der Waals surface area contributed by atoms with E-state index in [-0.39, 0.29) is 37.0 Å². The highest BCUT2D eigenvalue weighted by Crippen LogP contribution is 2.72. The minimum Gasteiger partial charge on any atom is -0.457 e. The van der Waals surface area contributed by atoms with Crippen molar-refractivity contribution < 1.29 is 29.0 Å². The van der Waals surface area contributed by atoms with E-state index >= 15 is 0 Å². The normalized spacial score (nSPS) is 43.4. The Morgan fingerprint density at radius 3 is 2.46 bits per heavy atom. The van der Waals surface area contributed by atoms with Gasteiger partial charge in [-0.3, -0.25) is 19.4 Å². The van der Waals surface area contributed by atoms with E-state index in [4.69, 9.17) is 21.1 Å². The Balaban J connectivity index is 1.80. The number of aliphatic hydroxyl groups is 1. The van der Waals surface area contributed by atoms with E-state index in [2.05, 4.69) is 24.1 Å². The molecule has 0 aromatic carbocycles. The smallest absolute Gasteiger partial charge is 0.306 e. The van der Waals surface area contributed by atoms with E-state index in [1.165, 1.54) is 0 Å². The summed E-state index contributed by atoms with van der Waals surface area (Å²) in [6.45, 7) is 8.86. The van der Waals surface area contributed by atoms with Crippen LogP contribution in [0, 0.1) is 28.6 Å². The van der Waals surface area contributed by atoms with Crippen LogP contribution in [-0.4, -0.2) is 58.8 Å². The summed E-state index contributed by atoms with van der Waals surface area (Å²) >= 11 is 7.59. The van der Waals surface area contributed by atoms with Gasteiger partial charge in [0, 0.05) is 36.6 Å². The molecule has 0 heterocycles. The number of carbonyl (C=O) groups excluding carboxylic acids is 3. The minimum absolute atomic E-state index is 0.0769. The highest BCUT2D eigenvalue weighted by atomic mass is 35.5. The number of hydrogen-bond acceptors (Lipinski definition) is 7. The summed E-state index contributed by atoms with van der Waals surface area (Å²) in [5.74, 6) is -1.92. The Hall–Kier alpha value is -1.99. The molecule has 37 heavy (non-hydrogen) atoms. The summed E-state index contributed by atoms with van der Waals surface area (Å²) in [7, 11) is 1.76. The molecule has 0 aliphatic heterocycles. The van der Waals surface area contributed by atoms with Crippen LogP contribution in [0.1, 0.15) is 73.1 Å². The fourth-order valence-electron chi connectivity index (χ4n) is 8.15. The van der Waals surface area contributed by atoms with Gasteiger partial charge in [-0.15, -0.1) is 11.6 Å². The molecule has 0 radical (unpaired) electrons. The number of aliphatic imine (C=N–C) groups is 1. The number of nitrogens with zero attached hydrogens (tertiary/aromatic N) is 1. The molecule has 8 heteroatoms. The molecule has 0 spiro atoms. The van der Waals surface area contributed by atoms with Crippen LogP contribution in [0.5, 0.6) is 0 Å². The molecule has 0 aromatic heterocycles. The maximum Gasteiger partial charge on any atom is 0.306 e. The van der Waals surface area contributed by atoms with E-state index in [0.29, 0.717) is 6.42 Å². The molecular weight excluding hydrogens is 494 g/mol. The number of rotatable bonds is 6. The molecule has 3 saturated carbocycles. The molecule has 204 valence electrons. The maximum absolute atomic E-state index is 13.9. The third-order valence-electron chi connectivity index (χ3n) is 10.1. The molecule has 1 N–H and O–H groups in total. The lowest BCUT2D eigenvalue weighted by Crippen LogP contribution is -2.69. The van der Waals surface area contributed by atoms with Crippen LogP contribution in [-0.2, 0) is 23.9 Å². The largest absolute Gasteiger partial charge is 0.457 e. The number of esters is 2. The van der Waals surface area contributed by atoms with Crippen LogP contribution in [0.4, 0.5) is 0 Å². The molecule has 3 fully saturated rings. The van der Waals surface area contributed by atoms with Gasteiger partial charge >= 0.3 is 11.9 Å². The van der Waals surface area contributed by atoms with E-state index in [1.807, 2.05) is 19.9 Å². The SMILES string of the molecule is CCC(=O)OCC(=O)C1(OC(=O)CC)[C@@H](C)C[C@H]2[C@@H]3CCC4=CC(=NC)C=C[C@]4(C)[C@@]3(Cl)[C@@H](O)C[C@@]21C. The first-order valence-corrected chi connectivity index (χ1v) is 13.9. The Morgan fingerprint density at radius 1 is 1.16 bits per heavy atom. The van der Waals surface area contributed by atoms with Gasteiger partial charge in [0.1, 0.15) is 0 Å².